The molecule has 1 aliphatic carbocycles. The molecule has 0 saturated heterocycles. The number of aromatic hydroxyl groups is 1. The fourth-order valence-electron chi connectivity index (χ4n) is 1.58. The molecule has 1 aromatic carbocycles. The van der Waals surface area contributed by atoms with E-state index >= 15 is 0 Å². The number of rotatable bonds is 0. The SMILES string of the molecule is Oc1cccc2c1CCC2F. The Hall–Kier alpha value is -1.05. The standard InChI is InChI=1S/C9H9FO/c10-8-5-4-7-6(8)2-1-3-9(7)11/h1-3,8,11H,4-5H2. The highest BCUT2D eigenvalue weighted by atomic mass is 19.1. The van der Waals surface area contributed by atoms with Crippen molar-refractivity contribution in [3.63, 3.8) is 0 Å². The van der Waals surface area contributed by atoms with Gasteiger partial charge in [0.1, 0.15) is 11.9 Å². The third-order valence-corrected chi connectivity index (χ3v) is 2.17. The first-order chi connectivity index (χ1) is 5.29. The van der Waals surface area contributed by atoms with Gasteiger partial charge in [0, 0.05) is 5.56 Å². The third kappa shape index (κ3) is 0.897. The molecule has 0 bridgehead atoms. The Kier molecular flexibility index (Phi) is 1.34. The smallest absolute Gasteiger partial charge is 0.126 e. The molecule has 0 aromatic heterocycles. The summed E-state index contributed by atoms with van der Waals surface area (Å²) in [6, 6.07) is 5.04. The Morgan fingerprint density at radius 1 is 1.45 bits per heavy atom. The van der Waals surface area contributed by atoms with Crippen molar-refractivity contribution in [2.45, 2.75) is 19.0 Å². The van der Waals surface area contributed by atoms with Crippen molar-refractivity contribution in [3.05, 3.63) is 29.3 Å². The van der Waals surface area contributed by atoms with Gasteiger partial charge in [0.25, 0.3) is 0 Å². The van der Waals surface area contributed by atoms with E-state index in [-0.39, 0.29) is 5.75 Å². The monoisotopic (exact) mass is 152 g/mol. The molecule has 1 aromatic rings. The lowest BCUT2D eigenvalue weighted by molar-refractivity contribution is 0.344. The second-order valence-electron chi connectivity index (χ2n) is 2.85. The number of benzene rings is 1. The molecule has 58 valence electrons. The molecule has 1 nitrogen and oxygen atoms in total. The van der Waals surface area contributed by atoms with Crippen LogP contribution >= 0.6 is 0 Å². The quantitative estimate of drug-likeness (QED) is 0.605. The van der Waals surface area contributed by atoms with Crippen molar-refractivity contribution in [3.8, 4) is 5.75 Å². The molecule has 0 saturated carbocycles. The van der Waals surface area contributed by atoms with Crippen molar-refractivity contribution in [1.82, 2.24) is 0 Å². The lowest BCUT2D eigenvalue weighted by atomic mass is 10.1. The van der Waals surface area contributed by atoms with E-state index in [9.17, 15) is 9.50 Å². The normalized spacial score (nSPS) is 21.7. The van der Waals surface area contributed by atoms with Crippen LogP contribution in [0.1, 0.15) is 23.7 Å². The molecule has 11 heavy (non-hydrogen) atoms. The van der Waals surface area contributed by atoms with Gasteiger partial charge in [-0.2, -0.15) is 0 Å². The van der Waals surface area contributed by atoms with Gasteiger partial charge < -0.3 is 5.11 Å². The summed E-state index contributed by atoms with van der Waals surface area (Å²) in [7, 11) is 0. The molecule has 1 unspecified atom stereocenters. The van der Waals surface area contributed by atoms with E-state index in [2.05, 4.69) is 0 Å². The number of halogens is 1. The highest BCUT2D eigenvalue weighted by molar-refractivity contribution is 5.43. The molecule has 0 spiro atoms. The molecular weight excluding hydrogens is 143 g/mol. The fourth-order valence-corrected chi connectivity index (χ4v) is 1.58. The van der Waals surface area contributed by atoms with Crippen LogP contribution in [0.5, 0.6) is 5.75 Å². The minimum Gasteiger partial charge on any atom is -0.508 e. The first-order valence-electron chi connectivity index (χ1n) is 3.74. The second kappa shape index (κ2) is 2.22. The van der Waals surface area contributed by atoms with Gasteiger partial charge in [0.05, 0.1) is 0 Å². The molecule has 0 heterocycles. The Morgan fingerprint density at radius 2 is 2.27 bits per heavy atom. The van der Waals surface area contributed by atoms with Gasteiger partial charge in [-0.3, -0.25) is 0 Å². The van der Waals surface area contributed by atoms with E-state index in [4.69, 9.17) is 0 Å². The predicted octanol–water partition coefficient (Wildman–Crippen LogP) is 2.35. The summed E-state index contributed by atoms with van der Waals surface area (Å²) < 4.78 is 13.0. The van der Waals surface area contributed by atoms with Gasteiger partial charge in [0.15, 0.2) is 0 Å². The number of alkyl halides is 1. The molecule has 2 rings (SSSR count). The number of hydrogen-bond acceptors (Lipinski definition) is 1. The molecule has 0 amide bonds. The molecule has 1 aliphatic rings. The molecule has 1 atom stereocenters. The van der Waals surface area contributed by atoms with Gasteiger partial charge in [-0.1, -0.05) is 12.1 Å². The third-order valence-electron chi connectivity index (χ3n) is 2.17. The Morgan fingerprint density at radius 3 is 3.00 bits per heavy atom. The molecule has 2 heteroatoms. The molecule has 0 radical (unpaired) electrons. The van der Waals surface area contributed by atoms with Gasteiger partial charge >= 0.3 is 0 Å². The fraction of sp³-hybridized carbons (Fsp3) is 0.333. The van der Waals surface area contributed by atoms with Crippen molar-refractivity contribution in [2.24, 2.45) is 0 Å². The van der Waals surface area contributed by atoms with Crippen LogP contribution in [0.4, 0.5) is 4.39 Å². The summed E-state index contributed by atoms with van der Waals surface area (Å²) in [6.45, 7) is 0. The maximum atomic E-state index is 13.0. The van der Waals surface area contributed by atoms with Crippen LogP contribution in [0.2, 0.25) is 0 Å². The summed E-state index contributed by atoms with van der Waals surface area (Å²) in [4.78, 5) is 0. The molecular formula is C9H9FO. The van der Waals surface area contributed by atoms with Crippen molar-refractivity contribution >= 4 is 0 Å². The summed E-state index contributed by atoms with van der Waals surface area (Å²) in [5.74, 6) is 0.239. The highest BCUT2D eigenvalue weighted by Gasteiger charge is 2.23. The van der Waals surface area contributed by atoms with E-state index in [1.54, 1.807) is 18.2 Å². The molecule has 0 aliphatic heterocycles. The van der Waals surface area contributed by atoms with E-state index in [0.717, 1.165) is 5.56 Å². The maximum absolute atomic E-state index is 13.0. The minimum atomic E-state index is -0.864. The number of phenolic OH excluding ortho intramolecular Hbond substituents is 1. The van der Waals surface area contributed by atoms with Crippen LogP contribution < -0.4 is 0 Å². The van der Waals surface area contributed by atoms with Crippen molar-refractivity contribution in [2.75, 3.05) is 0 Å². The summed E-state index contributed by atoms with van der Waals surface area (Å²) in [5, 5.41) is 9.28. The van der Waals surface area contributed by atoms with Crippen molar-refractivity contribution < 1.29 is 9.50 Å². The first-order valence-corrected chi connectivity index (χ1v) is 3.74. The van der Waals surface area contributed by atoms with Crippen LogP contribution in [0.3, 0.4) is 0 Å². The lowest BCUT2D eigenvalue weighted by Crippen LogP contribution is -1.83. The zero-order valence-electron chi connectivity index (χ0n) is 6.05. The second-order valence-corrected chi connectivity index (χ2v) is 2.85. The van der Waals surface area contributed by atoms with Crippen LogP contribution in [0.25, 0.3) is 0 Å². The number of fused-ring (bicyclic) bond motifs is 1. The van der Waals surface area contributed by atoms with Crippen LogP contribution in [0.15, 0.2) is 18.2 Å². The highest BCUT2D eigenvalue weighted by Crippen LogP contribution is 2.38. The average Bonchev–Trinajstić information content (AvgIpc) is 2.35. The largest absolute Gasteiger partial charge is 0.508 e. The number of hydrogen-bond donors (Lipinski definition) is 1. The van der Waals surface area contributed by atoms with Gasteiger partial charge in [-0.25, -0.2) is 4.39 Å². The average molecular weight is 152 g/mol. The summed E-state index contributed by atoms with van der Waals surface area (Å²) in [6.07, 6.45) is 0.327. The van der Waals surface area contributed by atoms with Crippen LogP contribution in [-0.4, -0.2) is 5.11 Å². The van der Waals surface area contributed by atoms with E-state index in [1.165, 1.54) is 0 Å². The lowest BCUT2D eigenvalue weighted by Gasteiger charge is -2.01. The Bertz CT molecular complexity index is 283. The van der Waals surface area contributed by atoms with E-state index < -0.39 is 6.17 Å². The van der Waals surface area contributed by atoms with Crippen LogP contribution in [0, 0.1) is 0 Å². The zero-order chi connectivity index (χ0) is 7.84. The first kappa shape index (κ1) is 6.65. The van der Waals surface area contributed by atoms with E-state index in [0.29, 0.717) is 18.4 Å². The predicted molar refractivity (Wildman–Crippen MR) is 40.3 cm³/mol. The van der Waals surface area contributed by atoms with Gasteiger partial charge in [-0.15, -0.1) is 0 Å². The topological polar surface area (TPSA) is 20.2 Å². The Labute approximate surface area is 64.5 Å². The summed E-state index contributed by atoms with van der Waals surface area (Å²) in [5.41, 5.74) is 1.46. The zero-order valence-corrected chi connectivity index (χ0v) is 6.05. The minimum absolute atomic E-state index is 0.239. The van der Waals surface area contributed by atoms with Gasteiger partial charge in [-0.05, 0) is 24.5 Å². The molecule has 1 N–H and O–H groups in total. The van der Waals surface area contributed by atoms with E-state index in [1.807, 2.05) is 0 Å². The van der Waals surface area contributed by atoms with Crippen LogP contribution in [-0.2, 0) is 6.42 Å². The maximum Gasteiger partial charge on any atom is 0.126 e. The summed E-state index contributed by atoms with van der Waals surface area (Å²) >= 11 is 0. The molecule has 0 fully saturated rings. The Balaban J connectivity index is 2.57. The van der Waals surface area contributed by atoms with Gasteiger partial charge in [0.2, 0.25) is 0 Å². The van der Waals surface area contributed by atoms with Crippen molar-refractivity contribution in [1.29, 1.82) is 0 Å². The number of phenols is 1.